The number of amides is 2. The molecule has 1 atom stereocenters. The van der Waals surface area contributed by atoms with Crippen molar-refractivity contribution in [3.05, 3.63) is 53.1 Å². The van der Waals surface area contributed by atoms with Gasteiger partial charge >= 0.3 is 0 Å². The number of aromatic nitrogens is 2. The monoisotopic (exact) mass is 330 g/mol. The fourth-order valence-corrected chi connectivity index (χ4v) is 2.80. The van der Waals surface area contributed by atoms with Crippen molar-refractivity contribution in [1.29, 1.82) is 0 Å². The number of halogens is 1. The maximum absolute atomic E-state index is 12.9. The van der Waals surface area contributed by atoms with Gasteiger partial charge in [0.2, 0.25) is 5.91 Å². The van der Waals surface area contributed by atoms with Crippen molar-refractivity contribution in [1.82, 2.24) is 20.0 Å². The number of rotatable bonds is 4. The predicted octanol–water partition coefficient (Wildman–Crippen LogP) is 1.40. The van der Waals surface area contributed by atoms with Crippen LogP contribution in [-0.2, 0) is 18.4 Å². The Morgan fingerprint density at radius 1 is 1.38 bits per heavy atom. The Morgan fingerprint density at radius 2 is 2.08 bits per heavy atom. The first kappa shape index (κ1) is 16.2. The Bertz CT molecular complexity index is 769. The van der Waals surface area contributed by atoms with Gasteiger partial charge in [0, 0.05) is 25.8 Å². The molecule has 0 radical (unpaired) electrons. The second-order valence-electron chi connectivity index (χ2n) is 5.97. The molecule has 1 aliphatic heterocycles. The zero-order valence-corrected chi connectivity index (χ0v) is 13.6. The summed E-state index contributed by atoms with van der Waals surface area (Å²) < 4.78 is 14.6. The summed E-state index contributed by atoms with van der Waals surface area (Å²) in [6, 6.07) is 5.54. The molecule has 1 N–H and O–H groups in total. The van der Waals surface area contributed by atoms with Crippen LogP contribution in [0.2, 0.25) is 0 Å². The standard InChI is InChI=1S/C17H19FN4O2/c1-11-14(9-19-21(11)2)16(23)20-15-7-8-22(17(15)24)10-12-3-5-13(18)6-4-12/h3-6,9,15H,7-8,10H2,1-2H3,(H,20,23)/t15-/m0/s1. The third-order valence-electron chi connectivity index (χ3n) is 4.37. The van der Waals surface area contributed by atoms with Crippen LogP contribution in [0.4, 0.5) is 4.39 Å². The van der Waals surface area contributed by atoms with Crippen LogP contribution in [0.15, 0.2) is 30.5 Å². The van der Waals surface area contributed by atoms with Crippen LogP contribution in [0.5, 0.6) is 0 Å². The van der Waals surface area contributed by atoms with Gasteiger partial charge in [-0.3, -0.25) is 14.3 Å². The molecule has 0 bridgehead atoms. The van der Waals surface area contributed by atoms with Gasteiger partial charge in [-0.2, -0.15) is 5.10 Å². The Hall–Kier alpha value is -2.70. The van der Waals surface area contributed by atoms with E-state index < -0.39 is 6.04 Å². The molecule has 0 spiro atoms. The number of aryl methyl sites for hydroxylation is 1. The van der Waals surface area contributed by atoms with E-state index in [2.05, 4.69) is 10.4 Å². The molecule has 0 aliphatic carbocycles. The topological polar surface area (TPSA) is 67.2 Å². The van der Waals surface area contributed by atoms with Crippen molar-refractivity contribution in [2.24, 2.45) is 7.05 Å². The summed E-state index contributed by atoms with van der Waals surface area (Å²) in [4.78, 5) is 26.4. The van der Waals surface area contributed by atoms with Crippen molar-refractivity contribution in [3.8, 4) is 0 Å². The van der Waals surface area contributed by atoms with E-state index in [9.17, 15) is 14.0 Å². The average molecular weight is 330 g/mol. The van der Waals surface area contributed by atoms with Crippen LogP contribution in [-0.4, -0.2) is 39.1 Å². The Kier molecular flexibility index (Phi) is 4.33. The minimum absolute atomic E-state index is 0.116. The maximum atomic E-state index is 12.9. The summed E-state index contributed by atoms with van der Waals surface area (Å²) in [6.07, 6.45) is 2.06. The summed E-state index contributed by atoms with van der Waals surface area (Å²) in [5.41, 5.74) is 2.09. The largest absolute Gasteiger partial charge is 0.340 e. The molecular weight excluding hydrogens is 311 g/mol. The van der Waals surface area contributed by atoms with Gasteiger partial charge in [0.25, 0.3) is 5.91 Å². The molecule has 0 saturated carbocycles. The lowest BCUT2D eigenvalue weighted by Crippen LogP contribution is -2.41. The van der Waals surface area contributed by atoms with E-state index in [-0.39, 0.29) is 17.6 Å². The number of nitrogens with zero attached hydrogens (tertiary/aromatic N) is 3. The van der Waals surface area contributed by atoms with Gasteiger partial charge in [-0.05, 0) is 31.0 Å². The second-order valence-corrected chi connectivity index (χ2v) is 5.97. The molecule has 0 unspecified atom stereocenters. The third kappa shape index (κ3) is 3.15. The van der Waals surface area contributed by atoms with Crippen LogP contribution in [0.1, 0.15) is 28.0 Å². The van der Waals surface area contributed by atoms with Crippen LogP contribution in [0.3, 0.4) is 0 Å². The summed E-state index contributed by atoms with van der Waals surface area (Å²) in [7, 11) is 1.76. The van der Waals surface area contributed by atoms with E-state index in [0.29, 0.717) is 25.1 Å². The predicted molar refractivity (Wildman–Crippen MR) is 85.6 cm³/mol. The Morgan fingerprint density at radius 3 is 2.71 bits per heavy atom. The summed E-state index contributed by atoms with van der Waals surface area (Å²) in [6.45, 7) is 2.78. The van der Waals surface area contributed by atoms with E-state index in [4.69, 9.17) is 0 Å². The number of likely N-dealkylation sites (tertiary alicyclic amines) is 1. The minimum atomic E-state index is -0.530. The molecule has 3 rings (SSSR count). The van der Waals surface area contributed by atoms with Gasteiger partial charge in [0.1, 0.15) is 11.9 Å². The van der Waals surface area contributed by atoms with Gasteiger partial charge in [-0.1, -0.05) is 12.1 Å². The zero-order chi connectivity index (χ0) is 17.3. The first-order valence-corrected chi connectivity index (χ1v) is 7.78. The quantitative estimate of drug-likeness (QED) is 0.921. The fourth-order valence-electron chi connectivity index (χ4n) is 2.80. The smallest absolute Gasteiger partial charge is 0.255 e. The number of hydrogen-bond donors (Lipinski definition) is 1. The number of nitrogens with one attached hydrogen (secondary N) is 1. The first-order valence-electron chi connectivity index (χ1n) is 7.78. The lowest BCUT2D eigenvalue weighted by Gasteiger charge is -2.17. The van der Waals surface area contributed by atoms with Crippen LogP contribution in [0, 0.1) is 12.7 Å². The van der Waals surface area contributed by atoms with Crippen molar-refractivity contribution < 1.29 is 14.0 Å². The summed E-state index contributed by atoms with van der Waals surface area (Å²) in [5, 5.41) is 6.82. The fraction of sp³-hybridized carbons (Fsp3) is 0.353. The number of hydrogen-bond acceptors (Lipinski definition) is 3. The molecule has 24 heavy (non-hydrogen) atoms. The van der Waals surface area contributed by atoms with Crippen molar-refractivity contribution in [2.45, 2.75) is 25.9 Å². The minimum Gasteiger partial charge on any atom is -0.340 e. The molecule has 126 valence electrons. The third-order valence-corrected chi connectivity index (χ3v) is 4.37. The summed E-state index contributed by atoms with van der Waals surface area (Å²) in [5.74, 6) is -0.708. The first-order chi connectivity index (χ1) is 11.5. The Balaban J connectivity index is 1.62. The lowest BCUT2D eigenvalue weighted by molar-refractivity contribution is -0.129. The van der Waals surface area contributed by atoms with Gasteiger partial charge in [0.05, 0.1) is 11.8 Å². The highest BCUT2D eigenvalue weighted by atomic mass is 19.1. The van der Waals surface area contributed by atoms with Gasteiger partial charge in [-0.25, -0.2) is 4.39 Å². The second kappa shape index (κ2) is 6.43. The van der Waals surface area contributed by atoms with Gasteiger partial charge < -0.3 is 10.2 Å². The van der Waals surface area contributed by atoms with E-state index in [1.165, 1.54) is 18.3 Å². The zero-order valence-electron chi connectivity index (χ0n) is 13.6. The lowest BCUT2D eigenvalue weighted by atomic mass is 10.2. The number of carbonyl (C=O) groups excluding carboxylic acids is 2. The molecule has 6 nitrogen and oxygen atoms in total. The molecule has 1 aromatic heterocycles. The van der Waals surface area contributed by atoms with Crippen molar-refractivity contribution in [3.63, 3.8) is 0 Å². The van der Waals surface area contributed by atoms with Gasteiger partial charge in [0.15, 0.2) is 0 Å². The molecule has 2 aromatic rings. The van der Waals surface area contributed by atoms with E-state index in [0.717, 1.165) is 11.3 Å². The van der Waals surface area contributed by atoms with E-state index in [1.807, 2.05) is 0 Å². The highest BCUT2D eigenvalue weighted by molar-refractivity contribution is 5.98. The van der Waals surface area contributed by atoms with Crippen molar-refractivity contribution in [2.75, 3.05) is 6.54 Å². The summed E-state index contributed by atoms with van der Waals surface area (Å²) >= 11 is 0. The molecule has 2 heterocycles. The molecular formula is C17H19FN4O2. The maximum Gasteiger partial charge on any atom is 0.255 e. The molecule has 7 heteroatoms. The van der Waals surface area contributed by atoms with Crippen molar-refractivity contribution >= 4 is 11.8 Å². The highest BCUT2D eigenvalue weighted by Gasteiger charge is 2.33. The van der Waals surface area contributed by atoms with Gasteiger partial charge in [-0.15, -0.1) is 0 Å². The number of benzene rings is 1. The number of carbonyl (C=O) groups is 2. The Labute approximate surface area is 139 Å². The highest BCUT2D eigenvalue weighted by Crippen LogP contribution is 2.16. The van der Waals surface area contributed by atoms with E-state index >= 15 is 0 Å². The normalized spacial score (nSPS) is 17.4. The molecule has 2 amide bonds. The van der Waals surface area contributed by atoms with E-state index in [1.54, 1.807) is 35.7 Å². The van der Waals surface area contributed by atoms with Crippen LogP contribution < -0.4 is 5.32 Å². The molecule has 1 fully saturated rings. The molecule has 1 saturated heterocycles. The average Bonchev–Trinajstić information content (AvgIpc) is 3.07. The van der Waals surface area contributed by atoms with Crippen LogP contribution in [0.25, 0.3) is 0 Å². The molecule has 1 aromatic carbocycles. The van der Waals surface area contributed by atoms with Crippen LogP contribution >= 0.6 is 0 Å². The SMILES string of the molecule is Cc1c(C(=O)N[C@H]2CCN(Cc3ccc(F)cc3)C2=O)cnn1C. The molecule has 1 aliphatic rings.